The lowest BCUT2D eigenvalue weighted by Gasteiger charge is -2.33. The molecule has 3 rings (SSSR count). The van der Waals surface area contributed by atoms with Crippen LogP contribution in [-0.2, 0) is 16.0 Å². The van der Waals surface area contributed by atoms with Crippen molar-refractivity contribution < 1.29 is 14.3 Å². The molecule has 23 heavy (non-hydrogen) atoms. The number of benzene rings is 2. The average Bonchev–Trinajstić information content (AvgIpc) is 2.50. The SMILES string of the molecule is Cc1ccc(NC(=O)C2(C)Cc3ccccc3C(=O)O2)c(Cl)c1. The Morgan fingerprint density at radius 2 is 2.00 bits per heavy atom. The monoisotopic (exact) mass is 329 g/mol. The van der Waals surface area contributed by atoms with Crippen molar-refractivity contribution in [3.63, 3.8) is 0 Å². The second kappa shape index (κ2) is 5.70. The summed E-state index contributed by atoms with van der Waals surface area (Å²) < 4.78 is 5.40. The Balaban J connectivity index is 1.86. The molecular formula is C18H16ClNO3. The number of amides is 1. The first-order valence-electron chi connectivity index (χ1n) is 7.28. The Bertz CT molecular complexity index is 803. The molecule has 4 nitrogen and oxygen atoms in total. The largest absolute Gasteiger partial charge is 0.445 e. The summed E-state index contributed by atoms with van der Waals surface area (Å²) in [5.74, 6) is -0.884. The molecule has 1 atom stereocenters. The van der Waals surface area contributed by atoms with Gasteiger partial charge in [-0.1, -0.05) is 35.9 Å². The zero-order valence-electron chi connectivity index (χ0n) is 12.9. The Morgan fingerprint density at radius 3 is 2.74 bits per heavy atom. The quantitative estimate of drug-likeness (QED) is 0.853. The Hall–Kier alpha value is -2.33. The van der Waals surface area contributed by atoms with Crippen LogP contribution in [0.4, 0.5) is 5.69 Å². The maximum Gasteiger partial charge on any atom is 0.339 e. The topological polar surface area (TPSA) is 55.4 Å². The standard InChI is InChI=1S/C18H16ClNO3/c1-11-7-8-15(14(19)9-11)20-17(22)18(2)10-12-5-3-4-6-13(12)16(21)23-18/h3-9H,10H2,1-2H3,(H,20,22). The molecule has 1 amide bonds. The molecule has 5 heteroatoms. The van der Waals surface area contributed by atoms with Crippen LogP contribution in [0.3, 0.4) is 0 Å². The van der Waals surface area contributed by atoms with Crippen LogP contribution in [0, 0.1) is 6.92 Å². The van der Waals surface area contributed by atoms with E-state index in [1.807, 2.05) is 25.1 Å². The minimum atomic E-state index is -1.26. The fourth-order valence-electron chi connectivity index (χ4n) is 2.64. The molecule has 0 aliphatic carbocycles. The lowest BCUT2D eigenvalue weighted by Crippen LogP contribution is -2.48. The molecule has 0 radical (unpaired) electrons. The molecule has 0 saturated heterocycles. The van der Waals surface area contributed by atoms with Gasteiger partial charge in [0.05, 0.1) is 16.3 Å². The molecule has 0 fully saturated rings. The highest BCUT2D eigenvalue weighted by molar-refractivity contribution is 6.33. The number of carbonyl (C=O) groups is 2. The number of anilines is 1. The second-order valence-electron chi connectivity index (χ2n) is 5.89. The van der Waals surface area contributed by atoms with Crippen LogP contribution >= 0.6 is 11.6 Å². The fraction of sp³-hybridized carbons (Fsp3) is 0.222. The Kier molecular flexibility index (Phi) is 3.86. The molecule has 0 spiro atoms. The molecule has 1 aliphatic rings. The molecular weight excluding hydrogens is 314 g/mol. The Labute approximate surface area is 139 Å². The van der Waals surface area contributed by atoms with Crippen molar-refractivity contribution in [2.24, 2.45) is 0 Å². The number of ether oxygens (including phenoxy) is 1. The molecule has 1 N–H and O–H groups in total. The summed E-state index contributed by atoms with van der Waals surface area (Å²) >= 11 is 6.15. The van der Waals surface area contributed by atoms with Crippen molar-refractivity contribution in [2.45, 2.75) is 25.9 Å². The predicted molar refractivity (Wildman–Crippen MR) is 88.8 cm³/mol. The highest BCUT2D eigenvalue weighted by Crippen LogP contribution is 2.30. The average molecular weight is 330 g/mol. The molecule has 1 heterocycles. The smallest absolute Gasteiger partial charge is 0.339 e. The van der Waals surface area contributed by atoms with E-state index in [1.165, 1.54) is 0 Å². The van der Waals surface area contributed by atoms with Gasteiger partial charge in [-0.3, -0.25) is 4.79 Å². The van der Waals surface area contributed by atoms with Gasteiger partial charge in [0.1, 0.15) is 0 Å². The van der Waals surface area contributed by atoms with Gasteiger partial charge < -0.3 is 10.1 Å². The van der Waals surface area contributed by atoms with Crippen molar-refractivity contribution in [3.8, 4) is 0 Å². The van der Waals surface area contributed by atoms with Crippen LogP contribution in [-0.4, -0.2) is 17.5 Å². The summed E-state index contributed by atoms with van der Waals surface area (Å²) in [6.07, 6.45) is 0.324. The first-order valence-corrected chi connectivity index (χ1v) is 7.66. The normalized spacial score (nSPS) is 19.7. The zero-order chi connectivity index (χ0) is 16.6. The van der Waals surface area contributed by atoms with Crippen molar-refractivity contribution >= 4 is 29.2 Å². The van der Waals surface area contributed by atoms with Gasteiger partial charge in [-0.15, -0.1) is 0 Å². The van der Waals surface area contributed by atoms with Crippen LogP contribution < -0.4 is 5.32 Å². The van der Waals surface area contributed by atoms with Crippen LogP contribution in [0.1, 0.15) is 28.4 Å². The van der Waals surface area contributed by atoms with Crippen molar-refractivity contribution in [3.05, 3.63) is 64.2 Å². The molecule has 118 valence electrons. The molecule has 1 aliphatic heterocycles. The van der Waals surface area contributed by atoms with Gasteiger partial charge in [-0.05, 0) is 43.2 Å². The molecule has 0 bridgehead atoms. The van der Waals surface area contributed by atoms with E-state index in [1.54, 1.807) is 31.2 Å². The minimum Gasteiger partial charge on any atom is -0.445 e. The summed E-state index contributed by atoms with van der Waals surface area (Å²) in [6.45, 7) is 3.52. The van der Waals surface area contributed by atoms with Gasteiger partial charge in [-0.2, -0.15) is 0 Å². The maximum atomic E-state index is 12.6. The summed E-state index contributed by atoms with van der Waals surface area (Å²) in [6, 6.07) is 12.5. The van der Waals surface area contributed by atoms with Crippen LogP contribution in [0.15, 0.2) is 42.5 Å². The molecule has 2 aromatic rings. The fourth-order valence-corrected chi connectivity index (χ4v) is 2.92. The summed E-state index contributed by atoms with van der Waals surface area (Å²) in [4.78, 5) is 24.8. The first kappa shape index (κ1) is 15.6. The molecule has 0 saturated carbocycles. The number of esters is 1. The number of hydrogen-bond donors (Lipinski definition) is 1. The number of carbonyl (C=O) groups excluding carboxylic acids is 2. The highest BCUT2D eigenvalue weighted by Gasteiger charge is 2.42. The summed E-state index contributed by atoms with van der Waals surface area (Å²) in [5.41, 5.74) is 1.54. The number of rotatable bonds is 2. The molecule has 2 aromatic carbocycles. The summed E-state index contributed by atoms with van der Waals surface area (Å²) in [5, 5.41) is 3.20. The van der Waals surface area contributed by atoms with E-state index >= 15 is 0 Å². The van der Waals surface area contributed by atoms with Gasteiger partial charge in [-0.25, -0.2) is 4.79 Å². The highest BCUT2D eigenvalue weighted by atomic mass is 35.5. The van der Waals surface area contributed by atoms with E-state index in [4.69, 9.17) is 16.3 Å². The summed E-state index contributed by atoms with van der Waals surface area (Å²) in [7, 11) is 0. The van der Waals surface area contributed by atoms with E-state index in [2.05, 4.69) is 5.32 Å². The predicted octanol–water partition coefficient (Wildman–Crippen LogP) is 3.76. The number of halogens is 1. The van der Waals surface area contributed by atoms with Crippen molar-refractivity contribution in [1.82, 2.24) is 0 Å². The van der Waals surface area contributed by atoms with E-state index in [0.29, 0.717) is 22.7 Å². The first-order chi connectivity index (χ1) is 10.9. The number of cyclic esters (lactones) is 1. The van der Waals surface area contributed by atoms with Gasteiger partial charge in [0.25, 0.3) is 5.91 Å². The van der Waals surface area contributed by atoms with E-state index in [0.717, 1.165) is 11.1 Å². The second-order valence-corrected chi connectivity index (χ2v) is 6.30. The molecule has 0 aromatic heterocycles. The zero-order valence-corrected chi connectivity index (χ0v) is 13.6. The van der Waals surface area contributed by atoms with E-state index in [-0.39, 0.29) is 0 Å². The number of hydrogen-bond acceptors (Lipinski definition) is 3. The van der Waals surface area contributed by atoms with Crippen LogP contribution in [0.2, 0.25) is 5.02 Å². The van der Waals surface area contributed by atoms with Gasteiger partial charge in [0.15, 0.2) is 5.60 Å². The minimum absolute atomic E-state index is 0.324. The Morgan fingerprint density at radius 1 is 1.26 bits per heavy atom. The third-order valence-corrected chi connectivity index (χ3v) is 4.25. The van der Waals surface area contributed by atoms with Gasteiger partial charge in [0.2, 0.25) is 0 Å². The number of aryl methyl sites for hydroxylation is 1. The van der Waals surface area contributed by atoms with Crippen molar-refractivity contribution in [1.29, 1.82) is 0 Å². The lowest BCUT2D eigenvalue weighted by atomic mass is 9.89. The van der Waals surface area contributed by atoms with Crippen LogP contribution in [0.5, 0.6) is 0 Å². The third-order valence-electron chi connectivity index (χ3n) is 3.94. The van der Waals surface area contributed by atoms with E-state index < -0.39 is 17.5 Å². The van der Waals surface area contributed by atoms with Crippen molar-refractivity contribution in [2.75, 3.05) is 5.32 Å². The maximum absolute atomic E-state index is 12.6. The van der Waals surface area contributed by atoms with Gasteiger partial charge in [0, 0.05) is 6.42 Å². The third kappa shape index (κ3) is 2.94. The van der Waals surface area contributed by atoms with E-state index in [9.17, 15) is 9.59 Å². The number of fused-ring (bicyclic) bond motifs is 1. The molecule has 1 unspecified atom stereocenters. The van der Waals surface area contributed by atoms with Crippen LogP contribution in [0.25, 0.3) is 0 Å². The number of nitrogens with one attached hydrogen (secondary N) is 1. The lowest BCUT2D eigenvalue weighted by molar-refractivity contribution is -0.134. The van der Waals surface area contributed by atoms with Gasteiger partial charge >= 0.3 is 5.97 Å².